The van der Waals surface area contributed by atoms with E-state index in [1.165, 1.54) is 18.4 Å². The van der Waals surface area contributed by atoms with Gasteiger partial charge in [0, 0.05) is 37.5 Å². The molecule has 0 aromatic carbocycles. The number of hydrogen-bond acceptors (Lipinski definition) is 5. The van der Waals surface area contributed by atoms with Crippen LogP contribution >= 0.6 is 0 Å². The van der Waals surface area contributed by atoms with Crippen molar-refractivity contribution in [2.45, 2.75) is 32.1 Å². The molecular formula is C16H21N3O3. The Morgan fingerprint density at radius 2 is 2.27 bits per heavy atom. The van der Waals surface area contributed by atoms with Crippen LogP contribution in [-0.4, -0.2) is 47.3 Å². The van der Waals surface area contributed by atoms with E-state index in [4.69, 9.17) is 9.72 Å². The average Bonchev–Trinajstić information content (AvgIpc) is 2.95. The highest BCUT2D eigenvalue weighted by Gasteiger charge is 2.54. The van der Waals surface area contributed by atoms with Gasteiger partial charge in [-0.25, -0.2) is 9.97 Å². The Labute approximate surface area is 129 Å². The molecule has 0 amide bonds. The number of carboxylic acids is 1. The summed E-state index contributed by atoms with van der Waals surface area (Å²) in [5.74, 6) is 0.00955. The van der Waals surface area contributed by atoms with Crippen molar-refractivity contribution in [2.24, 2.45) is 11.3 Å². The molecule has 1 aromatic rings. The first kappa shape index (κ1) is 13.9. The summed E-state index contributed by atoms with van der Waals surface area (Å²) in [4.78, 5) is 23.1. The van der Waals surface area contributed by atoms with E-state index in [1.807, 2.05) is 11.1 Å². The molecule has 3 aliphatic rings. The summed E-state index contributed by atoms with van der Waals surface area (Å²) >= 11 is 0. The van der Waals surface area contributed by atoms with E-state index in [2.05, 4.69) is 4.98 Å². The second-order valence-corrected chi connectivity index (χ2v) is 6.71. The summed E-state index contributed by atoms with van der Waals surface area (Å²) in [6.45, 7) is 2.22. The van der Waals surface area contributed by atoms with Crippen LogP contribution in [0.25, 0.3) is 0 Å². The average molecular weight is 303 g/mol. The smallest absolute Gasteiger partial charge is 0.311 e. The van der Waals surface area contributed by atoms with Gasteiger partial charge in [-0.3, -0.25) is 4.79 Å². The first-order chi connectivity index (χ1) is 10.7. The molecule has 22 heavy (non-hydrogen) atoms. The lowest BCUT2D eigenvalue weighted by molar-refractivity contribution is -0.157. The van der Waals surface area contributed by atoms with Crippen LogP contribution in [0.15, 0.2) is 6.20 Å². The first-order valence-electron chi connectivity index (χ1n) is 8.10. The number of aliphatic carboxylic acids is 1. The highest BCUT2D eigenvalue weighted by molar-refractivity contribution is 5.77. The van der Waals surface area contributed by atoms with Gasteiger partial charge >= 0.3 is 5.97 Å². The van der Waals surface area contributed by atoms with Gasteiger partial charge in [0.1, 0.15) is 0 Å². The van der Waals surface area contributed by atoms with Gasteiger partial charge in [-0.05, 0) is 37.7 Å². The third-order valence-corrected chi connectivity index (χ3v) is 5.47. The molecule has 2 fully saturated rings. The summed E-state index contributed by atoms with van der Waals surface area (Å²) in [7, 11) is 0. The lowest BCUT2D eigenvalue weighted by Gasteiger charge is -2.33. The fraction of sp³-hybridized carbons (Fsp3) is 0.688. The van der Waals surface area contributed by atoms with Crippen LogP contribution in [0, 0.1) is 11.3 Å². The van der Waals surface area contributed by atoms with Gasteiger partial charge in [0.2, 0.25) is 5.95 Å². The number of hydrogen-bond donors (Lipinski definition) is 1. The molecular weight excluding hydrogens is 282 g/mol. The van der Waals surface area contributed by atoms with Crippen molar-refractivity contribution in [2.75, 3.05) is 31.2 Å². The Bertz CT molecular complexity index is 606. The summed E-state index contributed by atoms with van der Waals surface area (Å²) in [5.41, 5.74) is 1.70. The van der Waals surface area contributed by atoms with Gasteiger partial charge in [0.15, 0.2) is 0 Å². The molecule has 0 saturated carbocycles. The van der Waals surface area contributed by atoms with Crippen molar-refractivity contribution in [1.29, 1.82) is 0 Å². The molecule has 2 aliphatic heterocycles. The van der Waals surface area contributed by atoms with Crippen LogP contribution in [0.3, 0.4) is 0 Å². The summed E-state index contributed by atoms with van der Waals surface area (Å²) in [5, 5.41) is 9.73. The molecule has 1 aliphatic carbocycles. The van der Waals surface area contributed by atoms with Crippen LogP contribution in [0.2, 0.25) is 0 Å². The Hall–Kier alpha value is -1.69. The van der Waals surface area contributed by atoms with Gasteiger partial charge in [-0.2, -0.15) is 0 Å². The van der Waals surface area contributed by atoms with Gasteiger partial charge in [-0.15, -0.1) is 0 Å². The van der Waals surface area contributed by atoms with Crippen molar-refractivity contribution in [3.8, 4) is 0 Å². The van der Waals surface area contributed by atoms with E-state index in [-0.39, 0.29) is 5.92 Å². The van der Waals surface area contributed by atoms with E-state index >= 15 is 0 Å². The van der Waals surface area contributed by atoms with E-state index in [9.17, 15) is 9.90 Å². The molecule has 1 N–H and O–H groups in total. The van der Waals surface area contributed by atoms with Gasteiger partial charge < -0.3 is 14.7 Å². The largest absolute Gasteiger partial charge is 0.481 e. The molecule has 0 spiro atoms. The Morgan fingerprint density at radius 1 is 1.41 bits per heavy atom. The zero-order chi connectivity index (χ0) is 15.2. The lowest BCUT2D eigenvalue weighted by Crippen LogP contribution is -2.44. The third-order valence-electron chi connectivity index (χ3n) is 5.47. The monoisotopic (exact) mass is 303 g/mol. The number of nitrogens with zero attached hydrogens (tertiary/aromatic N) is 3. The molecule has 0 radical (unpaired) electrons. The van der Waals surface area contributed by atoms with E-state index in [0.29, 0.717) is 38.7 Å². The number of anilines is 1. The Morgan fingerprint density at radius 3 is 3.09 bits per heavy atom. The van der Waals surface area contributed by atoms with Crippen LogP contribution < -0.4 is 4.90 Å². The standard InChI is InChI=1S/C16H21N3O3/c20-14(21)16-5-6-22-9-12(16)8-19(10-16)15-17-7-11-3-1-2-4-13(11)18-15/h7,12H,1-6,8-10H2,(H,20,21)/t12-,16+/m1/s1. The third kappa shape index (κ3) is 2.08. The molecule has 2 atom stereocenters. The number of carbonyl (C=O) groups is 1. The molecule has 6 heteroatoms. The second-order valence-electron chi connectivity index (χ2n) is 6.71. The molecule has 6 nitrogen and oxygen atoms in total. The predicted octanol–water partition coefficient (Wildman–Crippen LogP) is 1.28. The molecule has 1 aromatic heterocycles. The fourth-order valence-corrected chi connectivity index (χ4v) is 4.07. The number of rotatable bonds is 2. The van der Waals surface area contributed by atoms with Crippen LogP contribution in [0.5, 0.6) is 0 Å². The van der Waals surface area contributed by atoms with Crippen molar-refractivity contribution in [1.82, 2.24) is 9.97 Å². The zero-order valence-electron chi connectivity index (χ0n) is 12.6. The van der Waals surface area contributed by atoms with E-state index in [0.717, 1.165) is 18.5 Å². The first-order valence-corrected chi connectivity index (χ1v) is 8.10. The van der Waals surface area contributed by atoms with Crippen LogP contribution in [-0.2, 0) is 22.4 Å². The number of carboxylic acid groups (broad SMARTS) is 1. The van der Waals surface area contributed by atoms with Gasteiger partial charge in [-0.1, -0.05) is 0 Å². The van der Waals surface area contributed by atoms with Crippen LogP contribution in [0.4, 0.5) is 5.95 Å². The second kappa shape index (κ2) is 5.19. The summed E-state index contributed by atoms with van der Waals surface area (Å²) < 4.78 is 5.50. The fourth-order valence-electron chi connectivity index (χ4n) is 4.07. The number of ether oxygens (including phenoxy) is 1. The van der Waals surface area contributed by atoms with Gasteiger partial charge in [0.25, 0.3) is 0 Å². The molecule has 118 valence electrons. The molecule has 2 saturated heterocycles. The van der Waals surface area contributed by atoms with Crippen molar-refractivity contribution in [3.63, 3.8) is 0 Å². The highest BCUT2D eigenvalue weighted by Crippen LogP contribution is 2.43. The number of aromatic nitrogens is 2. The van der Waals surface area contributed by atoms with Gasteiger partial charge in [0.05, 0.1) is 12.0 Å². The molecule has 3 heterocycles. The maximum atomic E-state index is 11.8. The summed E-state index contributed by atoms with van der Waals surface area (Å²) in [6.07, 6.45) is 6.97. The van der Waals surface area contributed by atoms with E-state index in [1.54, 1.807) is 0 Å². The van der Waals surface area contributed by atoms with Crippen molar-refractivity contribution >= 4 is 11.9 Å². The molecule has 0 bridgehead atoms. The molecule has 0 unspecified atom stereocenters. The Kier molecular flexibility index (Phi) is 3.29. The minimum absolute atomic E-state index is 0.0263. The number of aryl methyl sites for hydroxylation is 2. The quantitative estimate of drug-likeness (QED) is 0.887. The minimum atomic E-state index is -0.707. The molecule has 4 rings (SSSR count). The van der Waals surface area contributed by atoms with E-state index < -0.39 is 11.4 Å². The zero-order valence-corrected chi connectivity index (χ0v) is 12.6. The normalized spacial score (nSPS) is 30.7. The van der Waals surface area contributed by atoms with Crippen LogP contribution in [0.1, 0.15) is 30.5 Å². The SMILES string of the molecule is O=C(O)[C@]12CCOC[C@H]1CN(c1ncc3c(n1)CCCC3)C2. The lowest BCUT2D eigenvalue weighted by atomic mass is 9.74. The summed E-state index contributed by atoms with van der Waals surface area (Å²) in [6, 6.07) is 0. The van der Waals surface area contributed by atoms with Crippen molar-refractivity contribution in [3.05, 3.63) is 17.5 Å². The van der Waals surface area contributed by atoms with Crippen molar-refractivity contribution < 1.29 is 14.6 Å². The maximum Gasteiger partial charge on any atom is 0.311 e. The highest BCUT2D eigenvalue weighted by atomic mass is 16.5. The minimum Gasteiger partial charge on any atom is -0.481 e. The number of fused-ring (bicyclic) bond motifs is 2. The Balaban J connectivity index is 1.63. The predicted molar refractivity (Wildman–Crippen MR) is 79.9 cm³/mol. The maximum absolute atomic E-state index is 11.8. The topological polar surface area (TPSA) is 75.6 Å².